The first kappa shape index (κ1) is 10.0. The summed E-state index contributed by atoms with van der Waals surface area (Å²) in [7, 11) is 0. The first-order valence-electron chi connectivity index (χ1n) is 3.51. The molecule has 0 aliphatic heterocycles. The van der Waals surface area contributed by atoms with Crippen molar-refractivity contribution < 1.29 is 9.18 Å². The highest BCUT2D eigenvalue weighted by atomic mass is 19.1. The van der Waals surface area contributed by atoms with E-state index in [2.05, 4.69) is 4.99 Å². The minimum Gasteiger partial charge on any atom is -0.293 e. The van der Waals surface area contributed by atoms with Crippen LogP contribution in [-0.4, -0.2) is 18.0 Å². The first-order valence-corrected chi connectivity index (χ1v) is 3.51. The Balaban J connectivity index is 4.62. The molecule has 3 heteroatoms. The van der Waals surface area contributed by atoms with Crippen LogP contribution in [0.1, 0.15) is 20.8 Å². The smallest absolute Gasteiger partial charge is 0.180 e. The lowest BCUT2D eigenvalue weighted by molar-refractivity contribution is -0.111. The molecule has 0 aromatic heterocycles. The molecule has 62 valence electrons. The number of Topliss-reactive ketones (excluding diaryl/α,β-unsaturated/α-hetero) is 1. The third kappa shape index (κ3) is 3.07. The summed E-state index contributed by atoms with van der Waals surface area (Å²) in [6.45, 7) is 5.02. The molecule has 0 radical (unpaired) electrons. The molecule has 0 aromatic rings. The number of ketones is 1. The summed E-state index contributed by atoms with van der Waals surface area (Å²) in [6.07, 6.45) is 1.23. The number of nitrogens with zero attached hydrogens (tertiary/aromatic N) is 1. The lowest BCUT2D eigenvalue weighted by Gasteiger charge is -1.96. The Labute approximate surface area is 65.8 Å². The summed E-state index contributed by atoms with van der Waals surface area (Å²) < 4.78 is 12.7. The number of carbonyl (C=O) groups excluding carboxylic acids is 1. The normalized spacial score (nSPS) is 13.5. The van der Waals surface area contributed by atoms with Crippen LogP contribution in [0.25, 0.3) is 0 Å². The summed E-state index contributed by atoms with van der Waals surface area (Å²) in [5.41, 5.74) is -0.0602. The molecule has 0 aliphatic rings. The molecule has 0 aromatic carbocycles. The molecule has 0 rings (SSSR count). The Bertz CT molecular complexity index is 206. The van der Waals surface area contributed by atoms with Gasteiger partial charge < -0.3 is 0 Å². The predicted octanol–water partition coefficient (Wildman–Crippen LogP) is 1.91. The maximum Gasteiger partial charge on any atom is 0.180 e. The molecule has 0 saturated heterocycles. The molecule has 2 nitrogen and oxygen atoms in total. The van der Waals surface area contributed by atoms with Crippen molar-refractivity contribution in [3.8, 4) is 0 Å². The average molecular weight is 157 g/mol. The van der Waals surface area contributed by atoms with E-state index in [1.165, 1.54) is 19.9 Å². The highest BCUT2D eigenvalue weighted by Crippen LogP contribution is 2.01. The Morgan fingerprint density at radius 1 is 1.64 bits per heavy atom. The van der Waals surface area contributed by atoms with E-state index in [0.717, 1.165) is 0 Å². The van der Waals surface area contributed by atoms with Crippen LogP contribution in [0.4, 0.5) is 4.39 Å². The highest BCUT2D eigenvalue weighted by molar-refractivity contribution is 6.44. The number of rotatable bonds is 3. The van der Waals surface area contributed by atoms with E-state index in [4.69, 9.17) is 0 Å². The molecule has 0 amide bonds. The van der Waals surface area contributed by atoms with E-state index >= 15 is 0 Å². The minimum absolute atomic E-state index is 0.0602. The first-order chi connectivity index (χ1) is 5.13. The Morgan fingerprint density at radius 2 is 2.18 bits per heavy atom. The Hall–Kier alpha value is -0.990. The molecule has 0 atom stereocenters. The van der Waals surface area contributed by atoms with Crippen LogP contribution in [0.5, 0.6) is 0 Å². The van der Waals surface area contributed by atoms with Crippen LogP contribution >= 0.6 is 0 Å². The number of hydrogen-bond acceptors (Lipinski definition) is 2. The fourth-order valence-electron chi connectivity index (χ4n) is 0.650. The molecule has 0 N–H and O–H groups in total. The number of aliphatic imine (C=N–C) groups is 1. The SMILES string of the molecule is CC=C(F)C(=NCC)C(C)=O. The van der Waals surface area contributed by atoms with Crippen molar-refractivity contribution in [1.82, 2.24) is 0 Å². The second-order valence-corrected chi connectivity index (χ2v) is 2.02. The van der Waals surface area contributed by atoms with Gasteiger partial charge in [0.2, 0.25) is 0 Å². The molecule has 0 saturated carbocycles. The van der Waals surface area contributed by atoms with Crippen LogP contribution in [0.15, 0.2) is 16.9 Å². The van der Waals surface area contributed by atoms with Crippen LogP contribution in [0, 0.1) is 0 Å². The number of halogens is 1. The van der Waals surface area contributed by atoms with Gasteiger partial charge in [-0.25, -0.2) is 4.39 Å². The molecule has 0 fully saturated rings. The van der Waals surface area contributed by atoms with Gasteiger partial charge in [-0.2, -0.15) is 0 Å². The van der Waals surface area contributed by atoms with Gasteiger partial charge in [0.25, 0.3) is 0 Å². The van der Waals surface area contributed by atoms with Crippen LogP contribution in [0.2, 0.25) is 0 Å². The van der Waals surface area contributed by atoms with E-state index in [0.29, 0.717) is 6.54 Å². The molecule has 0 bridgehead atoms. The molecule has 0 aliphatic carbocycles. The summed E-state index contributed by atoms with van der Waals surface area (Å²) in [5, 5.41) is 0. The molecular formula is C8H12FNO. The van der Waals surface area contributed by atoms with Crippen molar-refractivity contribution in [2.45, 2.75) is 20.8 Å². The van der Waals surface area contributed by atoms with Crippen molar-refractivity contribution in [1.29, 1.82) is 0 Å². The largest absolute Gasteiger partial charge is 0.293 e. The van der Waals surface area contributed by atoms with E-state index in [9.17, 15) is 9.18 Å². The molecule has 11 heavy (non-hydrogen) atoms. The Morgan fingerprint density at radius 3 is 2.45 bits per heavy atom. The number of hydrogen-bond donors (Lipinski definition) is 0. The number of carbonyl (C=O) groups is 1. The van der Waals surface area contributed by atoms with Crippen molar-refractivity contribution in [2.75, 3.05) is 6.54 Å². The van der Waals surface area contributed by atoms with Gasteiger partial charge in [-0.15, -0.1) is 0 Å². The van der Waals surface area contributed by atoms with Crippen molar-refractivity contribution in [2.24, 2.45) is 4.99 Å². The standard InChI is InChI=1S/C8H12FNO/c1-4-7(9)8(6(3)11)10-5-2/h4H,5H2,1-3H3. The van der Waals surface area contributed by atoms with E-state index in [1.54, 1.807) is 6.92 Å². The molecule has 0 heterocycles. The summed E-state index contributed by atoms with van der Waals surface area (Å²) in [6, 6.07) is 0. The van der Waals surface area contributed by atoms with Crippen molar-refractivity contribution in [3.63, 3.8) is 0 Å². The predicted molar refractivity (Wildman–Crippen MR) is 43.5 cm³/mol. The van der Waals surface area contributed by atoms with Gasteiger partial charge in [0.05, 0.1) is 0 Å². The van der Waals surface area contributed by atoms with Crippen LogP contribution in [0.3, 0.4) is 0 Å². The summed E-state index contributed by atoms with van der Waals surface area (Å²) in [5.74, 6) is -0.873. The zero-order chi connectivity index (χ0) is 8.85. The van der Waals surface area contributed by atoms with Crippen molar-refractivity contribution in [3.05, 3.63) is 11.9 Å². The van der Waals surface area contributed by atoms with E-state index in [-0.39, 0.29) is 11.5 Å². The van der Waals surface area contributed by atoms with Gasteiger partial charge in [0.15, 0.2) is 5.78 Å². The Kier molecular flexibility index (Phi) is 4.34. The zero-order valence-corrected chi connectivity index (χ0v) is 7.02. The summed E-state index contributed by atoms with van der Waals surface area (Å²) in [4.78, 5) is 14.4. The molecule has 0 unspecified atom stereocenters. The van der Waals surface area contributed by atoms with E-state index in [1.807, 2.05) is 0 Å². The van der Waals surface area contributed by atoms with Crippen LogP contribution in [-0.2, 0) is 4.79 Å². The third-order valence-electron chi connectivity index (χ3n) is 1.13. The van der Waals surface area contributed by atoms with Gasteiger partial charge in [-0.3, -0.25) is 9.79 Å². The molecule has 0 spiro atoms. The van der Waals surface area contributed by atoms with Gasteiger partial charge in [-0.05, 0) is 19.9 Å². The average Bonchev–Trinajstić information content (AvgIpc) is 1.98. The fourth-order valence-corrected chi connectivity index (χ4v) is 0.650. The van der Waals surface area contributed by atoms with Gasteiger partial charge >= 0.3 is 0 Å². The minimum atomic E-state index is -0.542. The van der Waals surface area contributed by atoms with Gasteiger partial charge in [0.1, 0.15) is 11.5 Å². The summed E-state index contributed by atoms with van der Waals surface area (Å²) >= 11 is 0. The topological polar surface area (TPSA) is 29.4 Å². The maximum atomic E-state index is 12.7. The monoisotopic (exact) mass is 157 g/mol. The lowest BCUT2D eigenvalue weighted by atomic mass is 10.2. The fraction of sp³-hybridized carbons (Fsp3) is 0.500. The number of allylic oxidation sites excluding steroid dienone is 2. The third-order valence-corrected chi connectivity index (χ3v) is 1.13. The zero-order valence-electron chi connectivity index (χ0n) is 7.02. The second kappa shape index (κ2) is 4.77. The van der Waals surface area contributed by atoms with Crippen molar-refractivity contribution >= 4 is 11.5 Å². The maximum absolute atomic E-state index is 12.7. The van der Waals surface area contributed by atoms with Gasteiger partial charge in [-0.1, -0.05) is 0 Å². The quantitative estimate of drug-likeness (QED) is 0.575. The lowest BCUT2D eigenvalue weighted by Crippen LogP contribution is -2.10. The van der Waals surface area contributed by atoms with Crippen LogP contribution < -0.4 is 0 Å². The van der Waals surface area contributed by atoms with Gasteiger partial charge in [0, 0.05) is 13.5 Å². The molecular weight excluding hydrogens is 145 g/mol. The highest BCUT2D eigenvalue weighted by Gasteiger charge is 2.09. The van der Waals surface area contributed by atoms with E-state index < -0.39 is 5.83 Å². The second-order valence-electron chi connectivity index (χ2n) is 2.02.